The molecule has 0 fully saturated rings. The Bertz CT molecular complexity index is 1170. The van der Waals surface area contributed by atoms with Crippen LogP contribution in [0.2, 0.25) is 0 Å². The van der Waals surface area contributed by atoms with E-state index in [1.807, 2.05) is 42.5 Å². The average Bonchev–Trinajstić information content (AvgIpc) is 2.77. The summed E-state index contributed by atoms with van der Waals surface area (Å²) in [7, 11) is -3.71. The van der Waals surface area contributed by atoms with Crippen molar-refractivity contribution in [2.45, 2.75) is 44.0 Å². The molecule has 0 radical (unpaired) electrons. The number of nitrogens with one attached hydrogen (secondary N) is 1. The van der Waals surface area contributed by atoms with Crippen molar-refractivity contribution in [2.75, 3.05) is 11.9 Å². The third-order valence-corrected chi connectivity index (χ3v) is 7.39. The first-order chi connectivity index (χ1) is 15.6. The maximum atomic E-state index is 13.6. The molecule has 3 aromatic carbocycles. The molecule has 0 heterocycles. The van der Waals surface area contributed by atoms with Crippen LogP contribution in [0.15, 0.2) is 83.8 Å². The molecule has 5 nitrogen and oxygen atoms in total. The molecule has 3 rings (SSSR count). The van der Waals surface area contributed by atoms with E-state index in [2.05, 4.69) is 38.2 Å². The van der Waals surface area contributed by atoms with Gasteiger partial charge in [-0.1, -0.05) is 75.4 Å². The number of hydrogen-bond acceptors (Lipinski definition) is 3. The maximum absolute atomic E-state index is 13.6. The van der Waals surface area contributed by atoms with Gasteiger partial charge in [0.05, 0.1) is 4.90 Å². The van der Waals surface area contributed by atoms with E-state index in [9.17, 15) is 8.42 Å². The van der Waals surface area contributed by atoms with Gasteiger partial charge in [-0.2, -0.15) is 4.31 Å². The minimum absolute atomic E-state index is 0.0409. The third-order valence-electron chi connectivity index (χ3n) is 5.43. The van der Waals surface area contributed by atoms with Crippen LogP contribution in [0.3, 0.4) is 0 Å². The van der Waals surface area contributed by atoms with Gasteiger partial charge >= 0.3 is 0 Å². The SMILES string of the molecule is CC(C)(C)c1ccc(CN(CCc2ccccc2)S(=O)(=O)c2ccc(NC(N)=S)cc2)cc1. The highest BCUT2D eigenvalue weighted by Crippen LogP contribution is 2.25. The van der Waals surface area contributed by atoms with Crippen molar-refractivity contribution in [1.82, 2.24) is 4.31 Å². The molecule has 0 atom stereocenters. The Morgan fingerprint density at radius 3 is 2.06 bits per heavy atom. The molecule has 0 saturated carbocycles. The van der Waals surface area contributed by atoms with Gasteiger partial charge in [-0.3, -0.25) is 0 Å². The maximum Gasteiger partial charge on any atom is 0.243 e. The van der Waals surface area contributed by atoms with E-state index >= 15 is 0 Å². The zero-order chi connectivity index (χ0) is 24.1. The van der Waals surface area contributed by atoms with Crippen molar-refractivity contribution < 1.29 is 8.42 Å². The van der Waals surface area contributed by atoms with Crippen molar-refractivity contribution in [3.05, 3.63) is 95.6 Å². The Kier molecular flexibility index (Phi) is 7.89. The van der Waals surface area contributed by atoms with E-state index in [0.29, 0.717) is 25.2 Å². The summed E-state index contributed by atoms with van der Waals surface area (Å²) in [5, 5.41) is 2.95. The number of nitrogens with zero attached hydrogens (tertiary/aromatic N) is 1. The number of sulfonamides is 1. The summed E-state index contributed by atoms with van der Waals surface area (Å²) >= 11 is 4.85. The Labute approximate surface area is 202 Å². The Morgan fingerprint density at radius 1 is 0.909 bits per heavy atom. The van der Waals surface area contributed by atoms with Crippen LogP contribution >= 0.6 is 12.2 Å². The van der Waals surface area contributed by atoms with Crippen molar-refractivity contribution in [3.8, 4) is 0 Å². The molecular formula is C26H31N3O2S2. The van der Waals surface area contributed by atoms with Crippen LogP contribution in [0.25, 0.3) is 0 Å². The highest BCUT2D eigenvalue weighted by Gasteiger charge is 2.25. The molecule has 0 aliphatic rings. The number of benzene rings is 3. The summed E-state index contributed by atoms with van der Waals surface area (Å²) in [5.74, 6) is 0. The monoisotopic (exact) mass is 481 g/mol. The molecular weight excluding hydrogens is 450 g/mol. The summed E-state index contributed by atoms with van der Waals surface area (Å²) < 4.78 is 28.7. The lowest BCUT2D eigenvalue weighted by Crippen LogP contribution is -2.32. The molecule has 0 spiro atoms. The third kappa shape index (κ3) is 6.87. The zero-order valence-electron chi connectivity index (χ0n) is 19.3. The van der Waals surface area contributed by atoms with E-state index in [-0.39, 0.29) is 15.4 Å². The first-order valence-corrected chi connectivity index (χ1v) is 12.7. The highest BCUT2D eigenvalue weighted by molar-refractivity contribution is 7.89. The fraction of sp³-hybridized carbons (Fsp3) is 0.269. The van der Waals surface area contributed by atoms with Crippen LogP contribution in [0.1, 0.15) is 37.5 Å². The Balaban J connectivity index is 1.87. The largest absolute Gasteiger partial charge is 0.376 e. The molecule has 0 saturated heterocycles. The van der Waals surface area contributed by atoms with Crippen LogP contribution in [-0.2, 0) is 28.4 Å². The molecule has 0 bridgehead atoms. The number of anilines is 1. The van der Waals surface area contributed by atoms with E-state index in [4.69, 9.17) is 18.0 Å². The van der Waals surface area contributed by atoms with Crippen molar-refractivity contribution >= 4 is 33.0 Å². The average molecular weight is 482 g/mol. The lowest BCUT2D eigenvalue weighted by molar-refractivity contribution is 0.409. The van der Waals surface area contributed by atoms with E-state index < -0.39 is 10.0 Å². The topological polar surface area (TPSA) is 75.4 Å². The summed E-state index contributed by atoms with van der Waals surface area (Å²) in [6.07, 6.45) is 0.626. The van der Waals surface area contributed by atoms with Gasteiger partial charge in [0, 0.05) is 18.8 Å². The van der Waals surface area contributed by atoms with Gasteiger partial charge < -0.3 is 11.1 Å². The van der Waals surface area contributed by atoms with Gasteiger partial charge in [0.2, 0.25) is 10.0 Å². The fourth-order valence-corrected chi connectivity index (χ4v) is 5.04. The second kappa shape index (κ2) is 10.5. The standard InChI is InChI=1S/C26H31N3O2S2/c1-26(2,3)22-11-9-21(10-12-22)19-29(18-17-20-7-5-4-6-8-20)33(30,31)24-15-13-23(14-16-24)28-25(27)32/h4-16H,17-19H2,1-3H3,(H3,27,28,32). The minimum Gasteiger partial charge on any atom is -0.376 e. The van der Waals surface area contributed by atoms with E-state index in [1.165, 1.54) is 5.56 Å². The first-order valence-electron chi connectivity index (χ1n) is 10.9. The quantitative estimate of drug-likeness (QED) is 0.439. The predicted octanol–water partition coefficient (Wildman–Crippen LogP) is 5.07. The number of rotatable bonds is 8. The molecule has 0 aromatic heterocycles. The van der Waals surface area contributed by atoms with Gasteiger partial charge in [-0.25, -0.2) is 8.42 Å². The smallest absolute Gasteiger partial charge is 0.243 e. The summed E-state index contributed by atoms with van der Waals surface area (Å²) in [6.45, 7) is 7.16. The second-order valence-corrected chi connectivity index (χ2v) is 11.4. The van der Waals surface area contributed by atoms with Crippen LogP contribution in [-0.4, -0.2) is 24.4 Å². The van der Waals surface area contributed by atoms with Crippen LogP contribution < -0.4 is 11.1 Å². The van der Waals surface area contributed by atoms with Gasteiger partial charge in [-0.15, -0.1) is 0 Å². The molecule has 3 aromatic rings. The van der Waals surface area contributed by atoms with Crippen molar-refractivity contribution in [3.63, 3.8) is 0 Å². The van der Waals surface area contributed by atoms with E-state index in [1.54, 1.807) is 28.6 Å². The lowest BCUT2D eigenvalue weighted by Gasteiger charge is -2.24. The van der Waals surface area contributed by atoms with Crippen molar-refractivity contribution in [2.24, 2.45) is 5.73 Å². The number of nitrogens with two attached hydrogens (primary N) is 1. The summed E-state index contributed by atoms with van der Waals surface area (Å²) in [4.78, 5) is 0.232. The Morgan fingerprint density at radius 2 is 1.52 bits per heavy atom. The molecule has 7 heteroatoms. The molecule has 174 valence electrons. The summed E-state index contributed by atoms with van der Waals surface area (Å²) in [5.41, 5.74) is 9.46. The van der Waals surface area contributed by atoms with Gasteiger partial charge in [0.1, 0.15) is 0 Å². The van der Waals surface area contributed by atoms with Gasteiger partial charge in [0.15, 0.2) is 5.11 Å². The lowest BCUT2D eigenvalue weighted by atomic mass is 9.87. The minimum atomic E-state index is -3.71. The van der Waals surface area contributed by atoms with Crippen LogP contribution in [0.4, 0.5) is 5.69 Å². The summed E-state index contributed by atoms with van der Waals surface area (Å²) in [6, 6.07) is 24.6. The fourth-order valence-electron chi connectivity index (χ4n) is 3.50. The molecule has 0 unspecified atom stereocenters. The molecule has 0 amide bonds. The van der Waals surface area contributed by atoms with Crippen LogP contribution in [0, 0.1) is 0 Å². The highest BCUT2D eigenvalue weighted by atomic mass is 32.2. The van der Waals surface area contributed by atoms with E-state index in [0.717, 1.165) is 11.1 Å². The normalized spacial score (nSPS) is 12.0. The first kappa shape index (κ1) is 24.9. The van der Waals surface area contributed by atoms with Crippen LogP contribution in [0.5, 0.6) is 0 Å². The molecule has 0 aliphatic heterocycles. The second-order valence-electron chi connectivity index (χ2n) is 9.03. The predicted molar refractivity (Wildman–Crippen MR) is 140 cm³/mol. The molecule has 3 N–H and O–H groups in total. The zero-order valence-corrected chi connectivity index (χ0v) is 20.9. The Hall–Kier alpha value is -2.74. The van der Waals surface area contributed by atoms with Crippen molar-refractivity contribution in [1.29, 1.82) is 0 Å². The number of thiocarbonyl (C=S) groups is 1. The van der Waals surface area contributed by atoms with Gasteiger partial charge in [-0.05, 0) is 65.0 Å². The number of hydrogen-bond donors (Lipinski definition) is 2. The molecule has 0 aliphatic carbocycles. The molecule has 33 heavy (non-hydrogen) atoms. The van der Waals surface area contributed by atoms with Gasteiger partial charge in [0.25, 0.3) is 0 Å².